The molecular formula is C22H19BrN2O. The van der Waals surface area contributed by atoms with Crippen molar-refractivity contribution >= 4 is 27.5 Å². The number of rotatable bonds is 4. The van der Waals surface area contributed by atoms with Crippen molar-refractivity contribution in [1.82, 2.24) is 5.43 Å². The number of nitrogens with one attached hydrogen (secondary N) is 1. The minimum atomic E-state index is -0.231. The summed E-state index contributed by atoms with van der Waals surface area (Å²) in [6.07, 6.45) is 0. The molecule has 1 amide bonds. The highest BCUT2D eigenvalue weighted by molar-refractivity contribution is 9.10. The van der Waals surface area contributed by atoms with Crippen LogP contribution in [0.4, 0.5) is 0 Å². The third-order valence-electron chi connectivity index (χ3n) is 4.17. The molecule has 0 aliphatic carbocycles. The molecule has 3 aromatic carbocycles. The molecule has 3 aromatic rings. The monoisotopic (exact) mass is 406 g/mol. The van der Waals surface area contributed by atoms with E-state index < -0.39 is 0 Å². The van der Waals surface area contributed by atoms with E-state index in [2.05, 4.69) is 50.7 Å². The number of benzene rings is 3. The molecule has 0 unspecified atom stereocenters. The van der Waals surface area contributed by atoms with E-state index in [1.807, 2.05) is 50.2 Å². The minimum absolute atomic E-state index is 0.231. The number of aryl methyl sites for hydroxylation is 1. The van der Waals surface area contributed by atoms with Gasteiger partial charge in [-0.1, -0.05) is 76.6 Å². The number of carbonyl (C=O) groups excluding carboxylic acids is 1. The van der Waals surface area contributed by atoms with Crippen LogP contribution in [-0.2, 0) is 0 Å². The summed E-state index contributed by atoms with van der Waals surface area (Å²) in [7, 11) is 0. The van der Waals surface area contributed by atoms with Crippen molar-refractivity contribution in [2.24, 2.45) is 5.10 Å². The second-order valence-corrected chi connectivity index (χ2v) is 6.90. The zero-order chi connectivity index (χ0) is 18.5. The van der Waals surface area contributed by atoms with Gasteiger partial charge in [0.25, 0.3) is 5.91 Å². The van der Waals surface area contributed by atoms with Crippen molar-refractivity contribution in [3.63, 3.8) is 0 Å². The summed E-state index contributed by atoms with van der Waals surface area (Å²) in [5.74, 6) is -0.231. The predicted molar refractivity (Wildman–Crippen MR) is 110 cm³/mol. The fourth-order valence-corrected chi connectivity index (χ4v) is 2.91. The zero-order valence-corrected chi connectivity index (χ0v) is 16.2. The number of nitrogens with zero attached hydrogens (tertiary/aromatic N) is 1. The first-order valence-electron chi connectivity index (χ1n) is 8.31. The first-order valence-corrected chi connectivity index (χ1v) is 9.10. The van der Waals surface area contributed by atoms with Gasteiger partial charge in [0.1, 0.15) is 0 Å². The van der Waals surface area contributed by atoms with Crippen LogP contribution in [-0.4, -0.2) is 11.6 Å². The Kier molecular flexibility index (Phi) is 5.64. The number of hydrogen-bond donors (Lipinski definition) is 1. The van der Waals surface area contributed by atoms with E-state index in [1.54, 1.807) is 12.1 Å². The van der Waals surface area contributed by atoms with Crippen molar-refractivity contribution in [3.8, 4) is 11.1 Å². The first-order chi connectivity index (χ1) is 12.5. The van der Waals surface area contributed by atoms with E-state index in [1.165, 1.54) is 5.56 Å². The number of hydrogen-bond acceptors (Lipinski definition) is 2. The molecule has 26 heavy (non-hydrogen) atoms. The van der Waals surface area contributed by atoms with Gasteiger partial charge in [0.2, 0.25) is 0 Å². The fraction of sp³-hybridized carbons (Fsp3) is 0.0909. The Labute approximate surface area is 161 Å². The van der Waals surface area contributed by atoms with Gasteiger partial charge in [-0.05, 0) is 48.2 Å². The average Bonchev–Trinajstić information content (AvgIpc) is 2.68. The summed E-state index contributed by atoms with van der Waals surface area (Å²) in [5.41, 5.74) is 8.31. The highest BCUT2D eigenvalue weighted by atomic mass is 79.9. The summed E-state index contributed by atoms with van der Waals surface area (Å²) >= 11 is 3.44. The van der Waals surface area contributed by atoms with Gasteiger partial charge < -0.3 is 0 Å². The first kappa shape index (κ1) is 18.1. The number of hydrazone groups is 1. The van der Waals surface area contributed by atoms with Gasteiger partial charge in [0.15, 0.2) is 0 Å². The second-order valence-electron chi connectivity index (χ2n) is 6.05. The molecule has 0 radical (unpaired) electrons. The van der Waals surface area contributed by atoms with Gasteiger partial charge in [-0.3, -0.25) is 4.79 Å². The molecule has 0 aliphatic rings. The Morgan fingerprint density at radius 1 is 0.885 bits per heavy atom. The van der Waals surface area contributed by atoms with Gasteiger partial charge in [-0.15, -0.1) is 0 Å². The molecule has 0 spiro atoms. The van der Waals surface area contributed by atoms with Crippen LogP contribution in [0.25, 0.3) is 11.1 Å². The molecule has 0 bridgehead atoms. The van der Waals surface area contributed by atoms with Crippen molar-refractivity contribution in [2.75, 3.05) is 0 Å². The number of halogens is 1. The largest absolute Gasteiger partial charge is 0.271 e. The van der Waals surface area contributed by atoms with Crippen molar-refractivity contribution < 1.29 is 4.79 Å². The quantitative estimate of drug-likeness (QED) is 0.445. The maximum atomic E-state index is 12.2. The lowest BCUT2D eigenvalue weighted by Gasteiger charge is -2.06. The van der Waals surface area contributed by atoms with Crippen molar-refractivity contribution in [3.05, 3.63) is 94.0 Å². The van der Waals surface area contributed by atoms with Gasteiger partial charge in [-0.25, -0.2) is 5.43 Å². The Balaban J connectivity index is 1.71. The summed E-state index contributed by atoms with van der Waals surface area (Å²) < 4.78 is 0.905. The standard InChI is InChI=1S/C22H19BrN2O/c1-15-8-9-20(14-21(15)23)22(26)25-24-16(2)17-10-12-19(13-11-17)18-6-4-3-5-7-18/h3-14H,1-2H3,(H,25,26)/b24-16+. The lowest BCUT2D eigenvalue weighted by Crippen LogP contribution is -2.19. The molecule has 1 N–H and O–H groups in total. The van der Waals surface area contributed by atoms with Crippen LogP contribution >= 0.6 is 15.9 Å². The molecule has 0 fully saturated rings. The molecule has 0 atom stereocenters. The molecule has 130 valence electrons. The molecule has 0 heterocycles. The Bertz CT molecular complexity index is 948. The molecule has 0 saturated heterocycles. The maximum Gasteiger partial charge on any atom is 0.271 e. The molecule has 3 nitrogen and oxygen atoms in total. The molecule has 0 aromatic heterocycles. The normalized spacial score (nSPS) is 11.3. The van der Waals surface area contributed by atoms with Gasteiger partial charge >= 0.3 is 0 Å². The summed E-state index contributed by atoms with van der Waals surface area (Å²) in [5, 5.41) is 4.23. The van der Waals surface area contributed by atoms with E-state index in [9.17, 15) is 4.79 Å². The Morgan fingerprint density at radius 3 is 2.15 bits per heavy atom. The van der Waals surface area contributed by atoms with E-state index in [4.69, 9.17) is 0 Å². The van der Waals surface area contributed by atoms with Crippen LogP contribution in [0.3, 0.4) is 0 Å². The third kappa shape index (κ3) is 4.27. The Morgan fingerprint density at radius 2 is 1.50 bits per heavy atom. The molecule has 3 rings (SSSR count). The molecular weight excluding hydrogens is 388 g/mol. The van der Waals surface area contributed by atoms with E-state index in [0.29, 0.717) is 5.56 Å². The lowest BCUT2D eigenvalue weighted by molar-refractivity contribution is 0.0955. The van der Waals surface area contributed by atoms with Crippen molar-refractivity contribution in [2.45, 2.75) is 13.8 Å². The minimum Gasteiger partial charge on any atom is -0.267 e. The molecule has 4 heteroatoms. The topological polar surface area (TPSA) is 41.5 Å². The number of amides is 1. The third-order valence-corrected chi connectivity index (χ3v) is 5.02. The zero-order valence-electron chi connectivity index (χ0n) is 14.7. The summed E-state index contributed by atoms with van der Waals surface area (Å²) in [6, 6.07) is 23.8. The van der Waals surface area contributed by atoms with E-state index in [0.717, 1.165) is 26.9 Å². The van der Waals surface area contributed by atoms with Gasteiger partial charge in [-0.2, -0.15) is 5.10 Å². The van der Waals surface area contributed by atoms with Crippen LogP contribution in [0.1, 0.15) is 28.4 Å². The smallest absolute Gasteiger partial charge is 0.267 e. The Hall–Kier alpha value is -2.72. The second kappa shape index (κ2) is 8.11. The molecule has 0 aliphatic heterocycles. The lowest BCUT2D eigenvalue weighted by atomic mass is 10.0. The van der Waals surface area contributed by atoms with E-state index >= 15 is 0 Å². The summed E-state index contributed by atoms with van der Waals surface area (Å²) in [6.45, 7) is 3.86. The van der Waals surface area contributed by atoms with Crippen LogP contribution in [0.2, 0.25) is 0 Å². The van der Waals surface area contributed by atoms with Crippen LogP contribution < -0.4 is 5.43 Å². The highest BCUT2D eigenvalue weighted by Crippen LogP contribution is 2.20. The SMILES string of the molecule is C/C(=N\NC(=O)c1ccc(C)c(Br)c1)c1ccc(-c2ccccc2)cc1. The summed E-state index contributed by atoms with van der Waals surface area (Å²) in [4.78, 5) is 12.2. The predicted octanol–water partition coefficient (Wildman–Crippen LogP) is 5.58. The average molecular weight is 407 g/mol. The van der Waals surface area contributed by atoms with Crippen LogP contribution in [0.15, 0.2) is 82.4 Å². The van der Waals surface area contributed by atoms with Crippen LogP contribution in [0.5, 0.6) is 0 Å². The molecule has 0 saturated carbocycles. The van der Waals surface area contributed by atoms with E-state index in [-0.39, 0.29) is 5.91 Å². The maximum absolute atomic E-state index is 12.2. The van der Waals surface area contributed by atoms with Gasteiger partial charge in [0.05, 0.1) is 5.71 Å². The van der Waals surface area contributed by atoms with Gasteiger partial charge in [0, 0.05) is 10.0 Å². The fourth-order valence-electron chi connectivity index (χ4n) is 2.53. The highest BCUT2D eigenvalue weighted by Gasteiger charge is 2.07. The van der Waals surface area contributed by atoms with Crippen LogP contribution in [0, 0.1) is 6.92 Å². The number of carbonyl (C=O) groups is 1. The van der Waals surface area contributed by atoms with Crippen molar-refractivity contribution in [1.29, 1.82) is 0 Å².